The summed E-state index contributed by atoms with van der Waals surface area (Å²) in [6.07, 6.45) is 4.97. The third kappa shape index (κ3) is 3.74. The summed E-state index contributed by atoms with van der Waals surface area (Å²) < 4.78 is 0. The summed E-state index contributed by atoms with van der Waals surface area (Å²) in [5.41, 5.74) is 0.983. The number of nitrogens with zero attached hydrogens (tertiary/aromatic N) is 3. The van der Waals surface area contributed by atoms with Crippen LogP contribution in [0.3, 0.4) is 0 Å². The minimum atomic E-state index is -0.458. The number of piperidine rings is 2. The molecule has 1 atom stereocenters. The van der Waals surface area contributed by atoms with Crippen molar-refractivity contribution in [3.63, 3.8) is 0 Å². The van der Waals surface area contributed by atoms with Crippen LogP contribution in [0.4, 0.5) is 4.79 Å². The van der Waals surface area contributed by atoms with Crippen molar-refractivity contribution in [2.75, 3.05) is 26.2 Å². The van der Waals surface area contributed by atoms with Crippen molar-refractivity contribution in [1.82, 2.24) is 25.4 Å². The van der Waals surface area contributed by atoms with Crippen LogP contribution in [0.2, 0.25) is 0 Å². The second-order valence-corrected chi connectivity index (χ2v) is 7.80. The second kappa shape index (κ2) is 7.17. The van der Waals surface area contributed by atoms with Crippen LogP contribution < -0.4 is 10.6 Å². The monoisotopic (exact) mass is 371 g/mol. The fourth-order valence-electron chi connectivity index (χ4n) is 4.37. The molecule has 1 aromatic heterocycles. The van der Waals surface area contributed by atoms with Crippen LogP contribution in [0.25, 0.3) is 0 Å². The molecule has 4 amide bonds. The molecular formula is C19H25N5O3. The molecule has 0 bridgehead atoms. The molecular weight excluding hydrogens is 346 g/mol. The zero-order chi connectivity index (χ0) is 18.9. The number of pyridine rings is 1. The van der Waals surface area contributed by atoms with Crippen molar-refractivity contribution in [3.8, 4) is 0 Å². The summed E-state index contributed by atoms with van der Waals surface area (Å²) in [4.78, 5) is 44.3. The zero-order valence-electron chi connectivity index (χ0n) is 15.3. The molecule has 8 heteroatoms. The maximum absolute atomic E-state index is 12.6. The van der Waals surface area contributed by atoms with Crippen molar-refractivity contribution >= 4 is 17.8 Å². The number of amides is 4. The van der Waals surface area contributed by atoms with Gasteiger partial charge in [-0.05, 0) is 36.8 Å². The van der Waals surface area contributed by atoms with Gasteiger partial charge in [-0.1, -0.05) is 6.07 Å². The molecule has 3 fully saturated rings. The molecule has 0 radical (unpaired) electrons. The first kappa shape index (κ1) is 17.8. The van der Waals surface area contributed by atoms with Crippen LogP contribution in [0, 0.1) is 5.41 Å². The number of urea groups is 1. The Bertz CT molecular complexity index is 730. The molecule has 4 heterocycles. The van der Waals surface area contributed by atoms with E-state index in [1.54, 1.807) is 6.20 Å². The largest absolute Gasteiger partial charge is 0.341 e. The average Bonchev–Trinajstić information content (AvgIpc) is 3.12. The SMILES string of the molecule is O=C1NC[C@H](C(=O)N2CCC3(CCC(=O)N(Cc4ccccn4)C3)CC2)N1. The third-order valence-corrected chi connectivity index (χ3v) is 6.03. The molecule has 0 aromatic carbocycles. The van der Waals surface area contributed by atoms with Gasteiger partial charge in [-0.25, -0.2) is 4.79 Å². The van der Waals surface area contributed by atoms with E-state index >= 15 is 0 Å². The van der Waals surface area contributed by atoms with Crippen LogP contribution in [0.5, 0.6) is 0 Å². The predicted molar refractivity (Wildman–Crippen MR) is 97.5 cm³/mol. The number of hydrogen-bond donors (Lipinski definition) is 2. The molecule has 1 aromatic rings. The topological polar surface area (TPSA) is 94.6 Å². The maximum Gasteiger partial charge on any atom is 0.315 e. The normalized spacial score (nSPS) is 24.7. The smallest absolute Gasteiger partial charge is 0.315 e. The van der Waals surface area contributed by atoms with Gasteiger partial charge in [0.2, 0.25) is 11.8 Å². The van der Waals surface area contributed by atoms with E-state index in [4.69, 9.17) is 0 Å². The summed E-state index contributed by atoms with van der Waals surface area (Å²) in [6, 6.07) is 5.02. The van der Waals surface area contributed by atoms with Gasteiger partial charge in [0.15, 0.2) is 0 Å². The van der Waals surface area contributed by atoms with E-state index in [9.17, 15) is 14.4 Å². The van der Waals surface area contributed by atoms with Gasteiger partial charge in [0.25, 0.3) is 0 Å². The molecule has 0 aliphatic carbocycles. The first-order chi connectivity index (χ1) is 13.0. The lowest BCUT2D eigenvalue weighted by atomic mass is 9.72. The minimum Gasteiger partial charge on any atom is -0.341 e. The lowest BCUT2D eigenvalue weighted by Crippen LogP contribution is -2.54. The van der Waals surface area contributed by atoms with Crippen LogP contribution in [0.15, 0.2) is 24.4 Å². The first-order valence-corrected chi connectivity index (χ1v) is 9.56. The van der Waals surface area contributed by atoms with Gasteiger partial charge < -0.3 is 20.4 Å². The summed E-state index contributed by atoms with van der Waals surface area (Å²) in [5.74, 6) is 0.171. The molecule has 2 N–H and O–H groups in total. The van der Waals surface area contributed by atoms with Crippen molar-refractivity contribution in [2.24, 2.45) is 5.41 Å². The second-order valence-electron chi connectivity index (χ2n) is 7.80. The molecule has 3 saturated heterocycles. The Balaban J connectivity index is 1.36. The van der Waals surface area contributed by atoms with Crippen molar-refractivity contribution in [2.45, 2.75) is 38.3 Å². The lowest BCUT2D eigenvalue weighted by molar-refractivity contribution is -0.143. The predicted octanol–water partition coefficient (Wildman–Crippen LogP) is 0.494. The fraction of sp³-hybridized carbons (Fsp3) is 0.579. The number of nitrogens with one attached hydrogen (secondary N) is 2. The fourth-order valence-corrected chi connectivity index (χ4v) is 4.37. The van der Waals surface area contributed by atoms with Crippen molar-refractivity contribution in [3.05, 3.63) is 30.1 Å². The molecule has 0 unspecified atom stereocenters. The van der Waals surface area contributed by atoms with E-state index in [2.05, 4.69) is 15.6 Å². The van der Waals surface area contributed by atoms with Gasteiger partial charge in [-0.3, -0.25) is 14.6 Å². The standard InChI is InChI=1S/C19H25N5O3/c25-16-4-5-19(13-24(16)12-14-3-1-2-8-20-14)6-9-23(10-7-19)17(26)15-11-21-18(27)22-15/h1-3,8,15H,4-7,9-13H2,(H2,21,22,27)/t15-/m1/s1. The number of carbonyl (C=O) groups is 3. The van der Waals surface area contributed by atoms with E-state index in [-0.39, 0.29) is 23.3 Å². The Morgan fingerprint density at radius 1 is 1.22 bits per heavy atom. The Kier molecular flexibility index (Phi) is 4.72. The summed E-state index contributed by atoms with van der Waals surface area (Å²) >= 11 is 0. The Morgan fingerprint density at radius 3 is 2.70 bits per heavy atom. The molecule has 27 heavy (non-hydrogen) atoms. The highest BCUT2D eigenvalue weighted by atomic mass is 16.2. The van der Waals surface area contributed by atoms with E-state index in [0.29, 0.717) is 32.6 Å². The Labute approximate surface area is 158 Å². The molecule has 3 aliphatic heterocycles. The molecule has 4 rings (SSSR count). The van der Waals surface area contributed by atoms with E-state index in [1.807, 2.05) is 28.0 Å². The van der Waals surface area contributed by atoms with E-state index in [1.165, 1.54) is 0 Å². The van der Waals surface area contributed by atoms with Crippen LogP contribution in [0.1, 0.15) is 31.4 Å². The number of hydrogen-bond acceptors (Lipinski definition) is 4. The first-order valence-electron chi connectivity index (χ1n) is 9.56. The molecule has 144 valence electrons. The molecule has 1 spiro atoms. The van der Waals surface area contributed by atoms with Gasteiger partial charge in [-0.2, -0.15) is 0 Å². The highest BCUT2D eigenvalue weighted by molar-refractivity contribution is 5.90. The highest BCUT2D eigenvalue weighted by Gasteiger charge is 2.43. The Morgan fingerprint density at radius 2 is 2.04 bits per heavy atom. The number of carbonyl (C=O) groups excluding carboxylic acids is 3. The highest BCUT2D eigenvalue weighted by Crippen LogP contribution is 2.40. The van der Waals surface area contributed by atoms with E-state index < -0.39 is 6.04 Å². The van der Waals surface area contributed by atoms with Gasteiger partial charge in [0.1, 0.15) is 6.04 Å². The quantitative estimate of drug-likeness (QED) is 0.809. The van der Waals surface area contributed by atoms with Crippen molar-refractivity contribution < 1.29 is 14.4 Å². The number of likely N-dealkylation sites (tertiary alicyclic amines) is 2. The maximum atomic E-state index is 12.6. The number of aromatic nitrogens is 1. The molecule has 8 nitrogen and oxygen atoms in total. The average molecular weight is 371 g/mol. The summed E-state index contributed by atoms with van der Waals surface area (Å²) in [6.45, 7) is 2.98. The van der Waals surface area contributed by atoms with Crippen LogP contribution in [-0.4, -0.2) is 64.9 Å². The van der Waals surface area contributed by atoms with Gasteiger partial charge >= 0.3 is 6.03 Å². The molecule has 0 saturated carbocycles. The lowest BCUT2D eigenvalue weighted by Gasteiger charge is -2.47. The number of rotatable bonds is 3. The summed E-state index contributed by atoms with van der Waals surface area (Å²) in [5, 5.41) is 5.29. The zero-order valence-corrected chi connectivity index (χ0v) is 15.3. The summed E-state index contributed by atoms with van der Waals surface area (Å²) in [7, 11) is 0. The van der Waals surface area contributed by atoms with Crippen molar-refractivity contribution in [1.29, 1.82) is 0 Å². The van der Waals surface area contributed by atoms with E-state index in [0.717, 1.165) is 31.5 Å². The van der Waals surface area contributed by atoms with Gasteiger partial charge in [-0.15, -0.1) is 0 Å². The van der Waals surface area contributed by atoms with Gasteiger partial charge in [0, 0.05) is 38.8 Å². The minimum absolute atomic E-state index is 0.0135. The van der Waals surface area contributed by atoms with Crippen LogP contribution >= 0.6 is 0 Å². The van der Waals surface area contributed by atoms with Crippen LogP contribution in [-0.2, 0) is 16.1 Å². The Hall–Kier alpha value is -2.64. The van der Waals surface area contributed by atoms with Gasteiger partial charge in [0.05, 0.1) is 12.2 Å². The molecule has 3 aliphatic rings. The third-order valence-electron chi connectivity index (χ3n) is 6.03.